The van der Waals surface area contributed by atoms with Crippen LogP contribution in [0.2, 0.25) is 0 Å². The number of aromatic nitrogens is 4. The average Bonchev–Trinajstić information content (AvgIpc) is 3.18. The SMILES string of the molecule is CCCCN1CCC(C(=O)Nc2cc3cc(-c4cnn(C)c4)ncc3cn2)CC1. The van der Waals surface area contributed by atoms with E-state index < -0.39 is 0 Å². The summed E-state index contributed by atoms with van der Waals surface area (Å²) in [7, 11) is 1.89. The van der Waals surface area contributed by atoms with E-state index in [2.05, 4.69) is 32.2 Å². The van der Waals surface area contributed by atoms with E-state index in [4.69, 9.17) is 0 Å². The molecule has 0 saturated carbocycles. The highest BCUT2D eigenvalue weighted by molar-refractivity contribution is 5.94. The Morgan fingerprint density at radius 1 is 1.14 bits per heavy atom. The Bertz CT molecular complexity index is 990. The molecule has 1 aliphatic heterocycles. The molecule has 0 unspecified atom stereocenters. The molecule has 0 bridgehead atoms. The Balaban J connectivity index is 1.43. The quantitative estimate of drug-likeness (QED) is 0.695. The number of rotatable bonds is 6. The lowest BCUT2D eigenvalue weighted by Crippen LogP contribution is -2.38. The van der Waals surface area contributed by atoms with E-state index >= 15 is 0 Å². The Morgan fingerprint density at radius 2 is 1.93 bits per heavy atom. The zero-order valence-electron chi connectivity index (χ0n) is 17.1. The van der Waals surface area contributed by atoms with Crippen LogP contribution in [0.15, 0.2) is 36.9 Å². The fourth-order valence-electron chi connectivity index (χ4n) is 3.85. The molecule has 1 aliphatic rings. The van der Waals surface area contributed by atoms with E-state index in [0.29, 0.717) is 5.82 Å². The fraction of sp³-hybridized carbons (Fsp3) is 0.455. The lowest BCUT2D eigenvalue weighted by molar-refractivity contribution is -0.121. The van der Waals surface area contributed by atoms with Gasteiger partial charge >= 0.3 is 0 Å². The molecule has 1 fully saturated rings. The van der Waals surface area contributed by atoms with Crippen LogP contribution < -0.4 is 5.32 Å². The second-order valence-corrected chi connectivity index (χ2v) is 7.85. The van der Waals surface area contributed by atoms with Crippen LogP contribution in [0.5, 0.6) is 0 Å². The van der Waals surface area contributed by atoms with Crippen LogP contribution in [0.1, 0.15) is 32.6 Å². The van der Waals surface area contributed by atoms with Crippen molar-refractivity contribution >= 4 is 22.5 Å². The first-order valence-electron chi connectivity index (χ1n) is 10.4. The molecule has 0 aliphatic carbocycles. The number of carbonyl (C=O) groups excluding carboxylic acids is 1. The first kappa shape index (κ1) is 19.5. The van der Waals surface area contributed by atoms with E-state index in [1.165, 1.54) is 12.8 Å². The van der Waals surface area contributed by atoms with Gasteiger partial charge in [-0.1, -0.05) is 13.3 Å². The molecule has 3 aromatic rings. The Labute approximate surface area is 171 Å². The normalized spacial score (nSPS) is 15.7. The highest BCUT2D eigenvalue weighted by Crippen LogP contribution is 2.24. The third-order valence-corrected chi connectivity index (χ3v) is 5.64. The van der Waals surface area contributed by atoms with Gasteiger partial charge in [0.15, 0.2) is 0 Å². The van der Waals surface area contributed by atoms with E-state index in [9.17, 15) is 4.79 Å². The van der Waals surface area contributed by atoms with Crippen LogP contribution in [0.3, 0.4) is 0 Å². The molecule has 0 atom stereocenters. The Morgan fingerprint density at radius 3 is 2.66 bits per heavy atom. The number of aryl methyl sites for hydroxylation is 1. The van der Waals surface area contributed by atoms with Crippen molar-refractivity contribution in [2.24, 2.45) is 13.0 Å². The number of anilines is 1. The molecule has 3 aromatic heterocycles. The number of pyridine rings is 2. The summed E-state index contributed by atoms with van der Waals surface area (Å²) in [6, 6.07) is 3.93. The molecule has 0 radical (unpaired) electrons. The number of fused-ring (bicyclic) bond motifs is 1. The van der Waals surface area contributed by atoms with Gasteiger partial charge in [0.2, 0.25) is 5.91 Å². The number of piperidine rings is 1. The molecule has 1 amide bonds. The maximum Gasteiger partial charge on any atom is 0.228 e. The number of unbranched alkanes of at least 4 members (excludes halogenated alkanes) is 1. The standard InChI is InChI=1S/C22H28N6O/c1-3-4-7-28-8-5-16(6-9-28)22(29)26-21-11-17-10-20(19-14-25-27(2)15-19)23-12-18(17)13-24-21/h10-16H,3-9H2,1-2H3,(H,24,26,29). The first-order chi connectivity index (χ1) is 14.1. The van der Waals surface area contributed by atoms with E-state index in [1.54, 1.807) is 17.1 Å². The number of carbonyl (C=O) groups is 1. The molecule has 1 saturated heterocycles. The predicted octanol–water partition coefficient (Wildman–Crippen LogP) is 3.48. The van der Waals surface area contributed by atoms with Gasteiger partial charge in [-0.25, -0.2) is 4.98 Å². The van der Waals surface area contributed by atoms with Crippen molar-refractivity contribution in [2.45, 2.75) is 32.6 Å². The van der Waals surface area contributed by atoms with Gasteiger partial charge in [0.05, 0.1) is 11.9 Å². The van der Waals surface area contributed by atoms with Crippen LogP contribution >= 0.6 is 0 Å². The number of hydrogen-bond donors (Lipinski definition) is 1. The predicted molar refractivity (Wildman–Crippen MR) is 114 cm³/mol. The van der Waals surface area contributed by atoms with Gasteiger partial charge in [0.25, 0.3) is 0 Å². The molecule has 1 N–H and O–H groups in total. The van der Waals surface area contributed by atoms with Crippen molar-refractivity contribution in [3.8, 4) is 11.3 Å². The van der Waals surface area contributed by atoms with Crippen molar-refractivity contribution in [1.29, 1.82) is 0 Å². The monoisotopic (exact) mass is 392 g/mol. The van der Waals surface area contributed by atoms with Gasteiger partial charge in [-0.2, -0.15) is 5.10 Å². The third kappa shape index (κ3) is 4.62. The largest absolute Gasteiger partial charge is 0.310 e. The van der Waals surface area contributed by atoms with E-state index in [-0.39, 0.29) is 11.8 Å². The second kappa shape index (κ2) is 8.69. The molecule has 4 rings (SSSR count). The minimum Gasteiger partial charge on any atom is -0.310 e. The minimum absolute atomic E-state index is 0.0637. The zero-order valence-corrected chi connectivity index (χ0v) is 17.1. The third-order valence-electron chi connectivity index (χ3n) is 5.64. The Kier molecular flexibility index (Phi) is 5.85. The topological polar surface area (TPSA) is 75.9 Å². The smallest absolute Gasteiger partial charge is 0.228 e. The van der Waals surface area contributed by atoms with E-state index in [1.807, 2.05) is 31.6 Å². The van der Waals surface area contributed by atoms with Crippen LogP contribution in [-0.4, -0.2) is 50.2 Å². The van der Waals surface area contributed by atoms with Crippen LogP contribution in [0.4, 0.5) is 5.82 Å². The molecule has 29 heavy (non-hydrogen) atoms. The fourth-order valence-corrected chi connectivity index (χ4v) is 3.85. The van der Waals surface area contributed by atoms with Gasteiger partial charge in [-0.3, -0.25) is 14.5 Å². The molecular weight excluding hydrogens is 364 g/mol. The molecular formula is C22H28N6O. The second-order valence-electron chi connectivity index (χ2n) is 7.85. The highest BCUT2D eigenvalue weighted by Gasteiger charge is 2.25. The maximum absolute atomic E-state index is 12.7. The molecule has 0 aromatic carbocycles. The first-order valence-corrected chi connectivity index (χ1v) is 10.4. The van der Waals surface area contributed by atoms with Crippen molar-refractivity contribution in [3.05, 3.63) is 36.9 Å². The summed E-state index contributed by atoms with van der Waals surface area (Å²) in [5, 5.41) is 9.17. The minimum atomic E-state index is 0.0637. The van der Waals surface area contributed by atoms with Crippen LogP contribution in [-0.2, 0) is 11.8 Å². The summed E-state index contributed by atoms with van der Waals surface area (Å²) in [6.45, 7) is 5.36. The molecule has 152 valence electrons. The molecule has 7 nitrogen and oxygen atoms in total. The molecule has 7 heteroatoms. The lowest BCUT2D eigenvalue weighted by Gasteiger charge is -2.31. The highest BCUT2D eigenvalue weighted by atomic mass is 16.1. The Hall–Kier alpha value is -2.80. The van der Waals surface area contributed by atoms with Gasteiger partial charge < -0.3 is 10.2 Å². The number of hydrogen-bond acceptors (Lipinski definition) is 5. The van der Waals surface area contributed by atoms with Crippen LogP contribution in [0.25, 0.3) is 22.0 Å². The van der Waals surface area contributed by atoms with E-state index in [0.717, 1.165) is 54.5 Å². The summed E-state index contributed by atoms with van der Waals surface area (Å²) in [5.41, 5.74) is 1.82. The van der Waals surface area contributed by atoms with Gasteiger partial charge in [-0.15, -0.1) is 0 Å². The zero-order chi connectivity index (χ0) is 20.2. The van der Waals surface area contributed by atoms with Gasteiger partial charge in [0.1, 0.15) is 5.82 Å². The number of nitrogens with zero attached hydrogens (tertiary/aromatic N) is 5. The summed E-state index contributed by atoms with van der Waals surface area (Å²) in [5.74, 6) is 0.738. The summed E-state index contributed by atoms with van der Waals surface area (Å²) in [4.78, 5) is 24.1. The number of nitrogens with one attached hydrogen (secondary N) is 1. The van der Waals surface area contributed by atoms with Crippen LogP contribution in [0, 0.1) is 5.92 Å². The van der Waals surface area contributed by atoms with Crippen molar-refractivity contribution in [1.82, 2.24) is 24.6 Å². The number of amides is 1. The van der Waals surface area contributed by atoms with Crippen molar-refractivity contribution in [2.75, 3.05) is 25.0 Å². The van der Waals surface area contributed by atoms with Gasteiger partial charge in [0, 0.05) is 42.5 Å². The molecule has 4 heterocycles. The van der Waals surface area contributed by atoms with Gasteiger partial charge in [-0.05, 0) is 56.4 Å². The number of likely N-dealkylation sites (tertiary alicyclic amines) is 1. The average molecular weight is 393 g/mol. The summed E-state index contributed by atoms with van der Waals surface area (Å²) >= 11 is 0. The lowest BCUT2D eigenvalue weighted by atomic mass is 9.95. The summed E-state index contributed by atoms with van der Waals surface area (Å²) in [6.07, 6.45) is 11.6. The van der Waals surface area contributed by atoms with Crippen molar-refractivity contribution in [3.63, 3.8) is 0 Å². The summed E-state index contributed by atoms with van der Waals surface area (Å²) < 4.78 is 1.76. The maximum atomic E-state index is 12.7. The van der Waals surface area contributed by atoms with Crippen molar-refractivity contribution < 1.29 is 4.79 Å². The molecule has 0 spiro atoms.